The van der Waals surface area contributed by atoms with E-state index in [0.29, 0.717) is 0 Å². The Morgan fingerprint density at radius 1 is 0.909 bits per heavy atom. The number of nitrogens with two attached hydrogens (primary N) is 1. The van der Waals surface area contributed by atoms with Crippen molar-refractivity contribution in [3.05, 3.63) is 0 Å². The molecule has 0 aromatic rings. The van der Waals surface area contributed by atoms with Crippen LogP contribution in [0.3, 0.4) is 0 Å². The van der Waals surface area contributed by atoms with E-state index in [9.17, 15) is 14.4 Å². The Kier molecular flexibility index (Phi) is 4.41. The molecule has 0 aliphatic carbocycles. The number of fused-ring (bicyclic) bond motifs is 2. The molecule has 2 heterocycles. The SMILES string of the molecule is CC(=O)O[C@@H]1[C@H]2O[C@](C)(O[C@@H]2N)[C@@H](OC(C)=O)[C@H]1OC(C)=O. The fraction of sp³-hybridized carbons (Fsp3) is 0.769. The lowest BCUT2D eigenvalue weighted by molar-refractivity contribution is -0.295. The van der Waals surface area contributed by atoms with E-state index in [-0.39, 0.29) is 0 Å². The van der Waals surface area contributed by atoms with Crippen molar-refractivity contribution in [3.63, 3.8) is 0 Å². The third-order valence-electron chi connectivity index (χ3n) is 3.42. The van der Waals surface area contributed by atoms with E-state index in [1.165, 1.54) is 27.7 Å². The van der Waals surface area contributed by atoms with Crippen molar-refractivity contribution in [2.24, 2.45) is 5.73 Å². The van der Waals surface area contributed by atoms with Crippen molar-refractivity contribution >= 4 is 17.9 Å². The van der Waals surface area contributed by atoms with Crippen molar-refractivity contribution < 1.29 is 38.1 Å². The van der Waals surface area contributed by atoms with Crippen LogP contribution in [0.2, 0.25) is 0 Å². The lowest BCUT2D eigenvalue weighted by Crippen LogP contribution is -2.63. The van der Waals surface area contributed by atoms with Crippen LogP contribution in [0.4, 0.5) is 0 Å². The average molecular weight is 317 g/mol. The maximum Gasteiger partial charge on any atom is 0.303 e. The van der Waals surface area contributed by atoms with Crippen LogP contribution < -0.4 is 5.73 Å². The van der Waals surface area contributed by atoms with Gasteiger partial charge in [-0.2, -0.15) is 0 Å². The third kappa shape index (κ3) is 3.06. The maximum absolute atomic E-state index is 11.4. The van der Waals surface area contributed by atoms with Crippen LogP contribution in [0.15, 0.2) is 0 Å². The van der Waals surface area contributed by atoms with Gasteiger partial charge in [-0.1, -0.05) is 0 Å². The zero-order valence-corrected chi connectivity index (χ0v) is 12.7. The lowest BCUT2D eigenvalue weighted by Gasteiger charge is -2.43. The highest BCUT2D eigenvalue weighted by molar-refractivity contribution is 5.68. The van der Waals surface area contributed by atoms with Crippen molar-refractivity contribution in [3.8, 4) is 0 Å². The first kappa shape index (κ1) is 16.7. The summed E-state index contributed by atoms with van der Waals surface area (Å²) < 4.78 is 26.7. The van der Waals surface area contributed by atoms with Gasteiger partial charge in [-0.3, -0.25) is 14.4 Å². The molecule has 2 saturated heterocycles. The highest BCUT2D eigenvalue weighted by Crippen LogP contribution is 2.42. The predicted molar refractivity (Wildman–Crippen MR) is 69.0 cm³/mol. The Bertz CT molecular complexity index is 494. The van der Waals surface area contributed by atoms with E-state index in [0.717, 1.165) is 0 Å². The molecule has 0 unspecified atom stereocenters. The van der Waals surface area contributed by atoms with Crippen LogP contribution in [0, 0.1) is 0 Å². The Labute approximate surface area is 126 Å². The lowest BCUT2D eigenvalue weighted by atomic mass is 9.94. The number of ether oxygens (including phenoxy) is 5. The summed E-state index contributed by atoms with van der Waals surface area (Å²) in [5, 5.41) is 0. The summed E-state index contributed by atoms with van der Waals surface area (Å²) in [5.41, 5.74) is 5.84. The first-order valence-corrected chi connectivity index (χ1v) is 6.77. The second kappa shape index (κ2) is 5.82. The number of carbonyl (C=O) groups excluding carboxylic acids is 3. The van der Waals surface area contributed by atoms with Gasteiger partial charge in [-0.25, -0.2) is 0 Å². The second-order valence-electron chi connectivity index (χ2n) is 5.36. The fourth-order valence-electron chi connectivity index (χ4n) is 2.75. The number of carbonyl (C=O) groups is 3. The molecule has 2 fully saturated rings. The third-order valence-corrected chi connectivity index (χ3v) is 3.42. The zero-order chi connectivity index (χ0) is 16.7. The molecule has 2 bridgehead atoms. The Balaban J connectivity index is 2.39. The quantitative estimate of drug-likeness (QED) is 0.527. The van der Waals surface area contributed by atoms with Gasteiger partial charge >= 0.3 is 17.9 Å². The van der Waals surface area contributed by atoms with Crippen LogP contribution in [-0.2, 0) is 38.1 Å². The monoisotopic (exact) mass is 317 g/mol. The van der Waals surface area contributed by atoms with Crippen LogP contribution in [0.25, 0.3) is 0 Å². The van der Waals surface area contributed by atoms with Crippen molar-refractivity contribution in [1.82, 2.24) is 0 Å². The first-order valence-electron chi connectivity index (χ1n) is 6.77. The summed E-state index contributed by atoms with van der Waals surface area (Å²) in [6.45, 7) is 5.09. The molecule has 0 saturated carbocycles. The normalized spacial score (nSPS) is 40.0. The molecule has 9 nitrogen and oxygen atoms in total. The average Bonchev–Trinajstić information content (AvgIpc) is 2.62. The highest BCUT2D eigenvalue weighted by Gasteiger charge is 2.65. The molecule has 0 radical (unpaired) electrons. The molecule has 124 valence electrons. The van der Waals surface area contributed by atoms with Gasteiger partial charge in [0.25, 0.3) is 0 Å². The number of hydrogen-bond donors (Lipinski definition) is 1. The molecule has 22 heavy (non-hydrogen) atoms. The molecular weight excluding hydrogens is 298 g/mol. The molecule has 2 aliphatic heterocycles. The predicted octanol–water partition coefficient (Wildman–Crippen LogP) is -0.788. The summed E-state index contributed by atoms with van der Waals surface area (Å²) in [6.07, 6.45) is -5.01. The highest BCUT2D eigenvalue weighted by atomic mass is 16.8. The molecular formula is C13H19NO8. The van der Waals surface area contributed by atoms with Crippen LogP contribution in [-0.4, -0.2) is 54.3 Å². The number of rotatable bonds is 3. The number of hydrogen-bond acceptors (Lipinski definition) is 9. The van der Waals surface area contributed by atoms with E-state index in [1.54, 1.807) is 0 Å². The van der Waals surface area contributed by atoms with E-state index in [2.05, 4.69) is 0 Å². The Morgan fingerprint density at radius 3 is 1.91 bits per heavy atom. The Morgan fingerprint density at radius 2 is 1.41 bits per heavy atom. The van der Waals surface area contributed by atoms with Crippen molar-refractivity contribution in [2.75, 3.05) is 0 Å². The summed E-state index contributed by atoms with van der Waals surface area (Å²) >= 11 is 0. The van der Waals surface area contributed by atoms with Crippen LogP contribution in [0.1, 0.15) is 27.7 Å². The van der Waals surface area contributed by atoms with Gasteiger partial charge in [0.15, 0.2) is 18.3 Å². The van der Waals surface area contributed by atoms with Crippen molar-refractivity contribution in [2.45, 2.75) is 64.1 Å². The van der Waals surface area contributed by atoms with Crippen molar-refractivity contribution in [1.29, 1.82) is 0 Å². The van der Waals surface area contributed by atoms with Gasteiger partial charge in [0.2, 0.25) is 5.79 Å². The van der Waals surface area contributed by atoms with Gasteiger partial charge in [0.05, 0.1) is 0 Å². The van der Waals surface area contributed by atoms with E-state index >= 15 is 0 Å². The fourth-order valence-corrected chi connectivity index (χ4v) is 2.75. The molecule has 0 aromatic carbocycles. The van der Waals surface area contributed by atoms with E-state index in [4.69, 9.17) is 29.4 Å². The van der Waals surface area contributed by atoms with Crippen LogP contribution >= 0.6 is 0 Å². The van der Waals surface area contributed by atoms with Gasteiger partial charge in [-0.15, -0.1) is 0 Å². The number of esters is 3. The van der Waals surface area contributed by atoms with E-state index in [1.807, 2.05) is 0 Å². The van der Waals surface area contributed by atoms with Gasteiger partial charge in [0, 0.05) is 20.8 Å². The Hall–Kier alpha value is -1.71. The van der Waals surface area contributed by atoms with Crippen LogP contribution in [0.5, 0.6) is 0 Å². The second-order valence-corrected chi connectivity index (χ2v) is 5.36. The summed E-state index contributed by atoms with van der Waals surface area (Å²) in [5.74, 6) is -3.27. The summed E-state index contributed by atoms with van der Waals surface area (Å²) in [6, 6.07) is 0. The summed E-state index contributed by atoms with van der Waals surface area (Å²) in [7, 11) is 0. The van der Waals surface area contributed by atoms with E-state index < -0.39 is 54.3 Å². The largest absolute Gasteiger partial charge is 0.455 e. The topological polar surface area (TPSA) is 123 Å². The zero-order valence-electron chi connectivity index (χ0n) is 12.7. The molecule has 2 aliphatic rings. The summed E-state index contributed by atoms with van der Waals surface area (Å²) in [4.78, 5) is 34.1. The van der Waals surface area contributed by atoms with Gasteiger partial charge in [-0.05, 0) is 6.92 Å². The minimum Gasteiger partial charge on any atom is -0.455 e. The minimum atomic E-state index is -1.40. The minimum absolute atomic E-state index is 0.616. The molecule has 9 heteroatoms. The molecule has 2 N–H and O–H groups in total. The van der Waals surface area contributed by atoms with Gasteiger partial charge in [0.1, 0.15) is 12.3 Å². The molecule has 6 atom stereocenters. The maximum atomic E-state index is 11.4. The first-order chi connectivity index (χ1) is 10.1. The standard InChI is InChI=1S/C13H19NO8/c1-5(15)18-8-9(19-6(2)16)11(20-7(3)17)13(4)21-10(8)12(14)22-13/h8-12H,14H2,1-4H3/t8-,9-,10+,11-,12-,13+/m0/s1. The molecule has 0 amide bonds. The smallest absolute Gasteiger partial charge is 0.303 e. The molecule has 2 rings (SSSR count). The van der Waals surface area contributed by atoms with Gasteiger partial charge < -0.3 is 29.4 Å². The molecule has 0 aromatic heterocycles. The molecule has 0 spiro atoms.